The van der Waals surface area contributed by atoms with Gasteiger partial charge >= 0.3 is 0 Å². The molecule has 0 saturated carbocycles. The van der Waals surface area contributed by atoms with Crippen LogP contribution in [0.3, 0.4) is 0 Å². The van der Waals surface area contributed by atoms with Crippen LogP contribution >= 0.6 is 0 Å². The van der Waals surface area contributed by atoms with Gasteiger partial charge in [0.2, 0.25) is 5.95 Å². The van der Waals surface area contributed by atoms with Gasteiger partial charge in [-0.2, -0.15) is 0 Å². The quantitative estimate of drug-likeness (QED) is 0.728. The van der Waals surface area contributed by atoms with Gasteiger partial charge in [0.25, 0.3) is 0 Å². The first-order valence-electron chi connectivity index (χ1n) is 9.18. The van der Waals surface area contributed by atoms with Gasteiger partial charge in [0.05, 0.1) is 11.7 Å². The molecular weight excluding hydrogens is 341 g/mol. The molecule has 0 radical (unpaired) electrons. The minimum absolute atomic E-state index is 0.201. The van der Waals surface area contributed by atoms with Crippen molar-refractivity contribution < 1.29 is 4.39 Å². The van der Waals surface area contributed by atoms with E-state index in [-0.39, 0.29) is 11.9 Å². The molecule has 3 aromatic rings. The van der Waals surface area contributed by atoms with E-state index in [1.54, 1.807) is 6.20 Å². The molecule has 2 aromatic heterocycles. The molecule has 6 heteroatoms. The number of nitrogens with one attached hydrogen (secondary N) is 1. The molecule has 1 aromatic carbocycles. The highest BCUT2D eigenvalue weighted by atomic mass is 19.1. The van der Waals surface area contributed by atoms with Gasteiger partial charge in [-0.05, 0) is 61.7 Å². The number of likely N-dealkylation sites (tertiary alicyclic amines) is 1. The lowest BCUT2D eigenvalue weighted by atomic mass is 10.1. The summed E-state index contributed by atoms with van der Waals surface area (Å²) in [6, 6.07) is 12.9. The Bertz CT molecular complexity index is 895. The summed E-state index contributed by atoms with van der Waals surface area (Å²) in [5.41, 5.74) is 3.22. The number of pyridine rings is 1. The molecule has 3 heterocycles. The first-order valence-corrected chi connectivity index (χ1v) is 9.18. The van der Waals surface area contributed by atoms with Crippen LogP contribution in [-0.2, 0) is 6.54 Å². The van der Waals surface area contributed by atoms with Crippen molar-refractivity contribution in [3.63, 3.8) is 0 Å². The number of hydrogen-bond donors (Lipinski definition) is 1. The number of halogens is 1. The van der Waals surface area contributed by atoms with Crippen molar-refractivity contribution in [1.82, 2.24) is 19.9 Å². The third-order valence-corrected chi connectivity index (χ3v) is 4.83. The van der Waals surface area contributed by atoms with Crippen LogP contribution in [0.5, 0.6) is 0 Å². The second kappa shape index (κ2) is 7.80. The number of nitrogens with zero attached hydrogens (tertiary/aromatic N) is 4. The van der Waals surface area contributed by atoms with E-state index in [9.17, 15) is 4.39 Å². The van der Waals surface area contributed by atoms with Gasteiger partial charge in [-0.25, -0.2) is 19.3 Å². The number of aryl methyl sites for hydroxylation is 1. The predicted octanol–water partition coefficient (Wildman–Crippen LogP) is 4.40. The van der Waals surface area contributed by atoms with Gasteiger partial charge in [0.15, 0.2) is 0 Å². The number of rotatable bonds is 5. The van der Waals surface area contributed by atoms with E-state index in [2.05, 4.69) is 20.2 Å². The summed E-state index contributed by atoms with van der Waals surface area (Å²) in [6.45, 7) is 3.80. The zero-order valence-electron chi connectivity index (χ0n) is 15.3. The summed E-state index contributed by atoms with van der Waals surface area (Å²) in [6.07, 6.45) is 5.78. The molecule has 1 fully saturated rings. The largest absolute Gasteiger partial charge is 0.309 e. The normalized spacial score (nSPS) is 17.2. The summed E-state index contributed by atoms with van der Waals surface area (Å²) in [5.74, 6) is 1.08. The summed E-state index contributed by atoms with van der Waals surface area (Å²) >= 11 is 0. The van der Waals surface area contributed by atoms with Gasteiger partial charge in [0.1, 0.15) is 11.6 Å². The Morgan fingerprint density at radius 3 is 2.74 bits per heavy atom. The van der Waals surface area contributed by atoms with E-state index in [1.807, 2.05) is 43.5 Å². The van der Waals surface area contributed by atoms with E-state index in [0.717, 1.165) is 48.6 Å². The highest BCUT2D eigenvalue weighted by Crippen LogP contribution is 2.32. The zero-order valence-corrected chi connectivity index (χ0v) is 15.3. The topological polar surface area (TPSA) is 53.9 Å². The maximum Gasteiger partial charge on any atom is 0.228 e. The van der Waals surface area contributed by atoms with Crippen LogP contribution in [0, 0.1) is 12.7 Å². The molecule has 1 N–H and O–H groups in total. The number of anilines is 2. The third kappa shape index (κ3) is 4.28. The Balaban J connectivity index is 1.49. The predicted molar refractivity (Wildman–Crippen MR) is 103 cm³/mol. The fourth-order valence-electron chi connectivity index (χ4n) is 3.45. The van der Waals surface area contributed by atoms with E-state index in [0.29, 0.717) is 5.95 Å². The maximum atomic E-state index is 13.1. The van der Waals surface area contributed by atoms with Crippen molar-refractivity contribution >= 4 is 11.8 Å². The lowest BCUT2D eigenvalue weighted by molar-refractivity contribution is 0.244. The van der Waals surface area contributed by atoms with Gasteiger partial charge in [-0.15, -0.1) is 0 Å². The molecular formula is C21H22FN5. The van der Waals surface area contributed by atoms with Crippen LogP contribution < -0.4 is 5.32 Å². The number of aromatic nitrogens is 3. The van der Waals surface area contributed by atoms with E-state index < -0.39 is 0 Å². The second-order valence-electron chi connectivity index (χ2n) is 6.91. The Kier molecular flexibility index (Phi) is 5.07. The van der Waals surface area contributed by atoms with Crippen molar-refractivity contribution in [2.24, 2.45) is 0 Å². The highest BCUT2D eigenvalue weighted by Gasteiger charge is 2.27. The van der Waals surface area contributed by atoms with Crippen molar-refractivity contribution in [3.05, 3.63) is 77.5 Å². The van der Waals surface area contributed by atoms with Crippen LogP contribution in [0.25, 0.3) is 0 Å². The van der Waals surface area contributed by atoms with Crippen molar-refractivity contribution in [2.75, 3.05) is 11.9 Å². The molecule has 138 valence electrons. The standard InChI is InChI=1S/C21H22FN5/c1-15-4-9-20(24-13-15)26-21-23-11-10-18(25-21)19-3-2-12-27(19)14-16-5-7-17(22)8-6-16/h4-11,13,19H,2-3,12,14H2,1H3,(H,23,24,25,26). The van der Waals surface area contributed by atoms with Crippen molar-refractivity contribution in [2.45, 2.75) is 32.4 Å². The number of benzene rings is 1. The molecule has 0 bridgehead atoms. The summed E-state index contributed by atoms with van der Waals surface area (Å²) in [4.78, 5) is 15.8. The number of hydrogen-bond acceptors (Lipinski definition) is 5. The molecule has 1 saturated heterocycles. The van der Waals surface area contributed by atoms with Gasteiger partial charge in [-0.3, -0.25) is 4.90 Å². The van der Waals surface area contributed by atoms with Crippen LogP contribution in [0.2, 0.25) is 0 Å². The zero-order chi connectivity index (χ0) is 18.6. The lowest BCUT2D eigenvalue weighted by Gasteiger charge is -2.24. The molecule has 4 rings (SSSR count). The van der Waals surface area contributed by atoms with Gasteiger partial charge in [0, 0.05) is 18.9 Å². The lowest BCUT2D eigenvalue weighted by Crippen LogP contribution is -2.23. The maximum absolute atomic E-state index is 13.1. The van der Waals surface area contributed by atoms with E-state index in [4.69, 9.17) is 4.98 Å². The molecule has 0 amide bonds. The molecule has 1 atom stereocenters. The minimum atomic E-state index is -0.201. The van der Waals surface area contributed by atoms with Gasteiger partial charge in [-0.1, -0.05) is 18.2 Å². The molecule has 0 aliphatic carbocycles. The van der Waals surface area contributed by atoms with Crippen molar-refractivity contribution in [1.29, 1.82) is 0 Å². The first kappa shape index (κ1) is 17.5. The highest BCUT2D eigenvalue weighted by molar-refractivity contribution is 5.47. The molecule has 0 spiro atoms. The van der Waals surface area contributed by atoms with E-state index >= 15 is 0 Å². The molecule has 1 unspecified atom stereocenters. The van der Waals surface area contributed by atoms with E-state index in [1.165, 1.54) is 12.1 Å². The van der Waals surface area contributed by atoms with Gasteiger partial charge < -0.3 is 5.32 Å². The SMILES string of the molecule is Cc1ccc(Nc2nccc(C3CCCN3Cc3ccc(F)cc3)n2)nc1. The van der Waals surface area contributed by atoms with Crippen LogP contribution in [0.4, 0.5) is 16.2 Å². The molecule has 27 heavy (non-hydrogen) atoms. The summed E-state index contributed by atoms with van der Waals surface area (Å²) in [7, 11) is 0. The molecule has 1 aliphatic rings. The fraction of sp³-hybridized carbons (Fsp3) is 0.286. The second-order valence-corrected chi connectivity index (χ2v) is 6.91. The Morgan fingerprint density at radius 2 is 1.96 bits per heavy atom. The summed E-state index contributed by atoms with van der Waals surface area (Å²) in [5, 5.41) is 3.17. The molecule has 1 aliphatic heterocycles. The smallest absolute Gasteiger partial charge is 0.228 e. The minimum Gasteiger partial charge on any atom is -0.309 e. The Labute approximate surface area is 158 Å². The summed E-state index contributed by atoms with van der Waals surface area (Å²) < 4.78 is 13.1. The average molecular weight is 363 g/mol. The average Bonchev–Trinajstić information content (AvgIpc) is 3.14. The monoisotopic (exact) mass is 363 g/mol. The third-order valence-electron chi connectivity index (χ3n) is 4.83. The van der Waals surface area contributed by atoms with Crippen LogP contribution in [0.15, 0.2) is 54.9 Å². The Morgan fingerprint density at radius 1 is 1.11 bits per heavy atom. The van der Waals surface area contributed by atoms with Crippen LogP contribution in [-0.4, -0.2) is 26.4 Å². The first-order chi connectivity index (χ1) is 13.2. The molecule has 5 nitrogen and oxygen atoms in total. The van der Waals surface area contributed by atoms with Crippen LogP contribution in [0.1, 0.15) is 35.7 Å². The Hall–Kier alpha value is -2.86. The van der Waals surface area contributed by atoms with Crippen molar-refractivity contribution in [3.8, 4) is 0 Å². The fourth-order valence-corrected chi connectivity index (χ4v) is 3.45.